The summed E-state index contributed by atoms with van der Waals surface area (Å²) in [7, 11) is 0. The maximum absolute atomic E-state index is 9.21. The fraction of sp³-hybridized carbons (Fsp3) is 0.0769. The Morgan fingerprint density at radius 2 is 1.75 bits per heavy atom. The first-order valence-corrected chi connectivity index (χ1v) is 5.30. The predicted molar refractivity (Wildman–Crippen MR) is 63.9 cm³/mol. The Bertz CT molecular complexity index is 469. The molecule has 0 aliphatic heterocycles. The average molecular weight is 235 g/mol. The van der Waals surface area contributed by atoms with E-state index in [1.807, 2.05) is 30.3 Å². The molecule has 0 bridgehead atoms. The van der Waals surface area contributed by atoms with Crippen molar-refractivity contribution in [3.8, 4) is 11.5 Å². The molecule has 0 aliphatic rings. The summed E-state index contributed by atoms with van der Waals surface area (Å²) in [5.74, 6) is 1.31. The summed E-state index contributed by atoms with van der Waals surface area (Å²) in [6.45, 7) is -0.137. The van der Waals surface area contributed by atoms with Gasteiger partial charge in [-0.1, -0.05) is 35.9 Å². The third kappa shape index (κ3) is 2.35. The zero-order valence-electron chi connectivity index (χ0n) is 8.56. The topological polar surface area (TPSA) is 29.5 Å². The van der Waals surface area contributed by atoms with Crippen LogP contribution in [0.25, 0.3) is 0 Å². The van der Waals surface area contributed by atoms with E-state index in [1.54, 1.807) is 18.2 Å². The maximum Gasteiger partial charge on any atom is 0.134 e. The van der Waals surface area contributed by atoms with E-state index in [0.29, 0.717) is 16.3 Å². The lowest BCUT2D eigenvalue weighted by atomic mass is 10.2. The van der Waals surface area contributed by atoms with Gasteiger partial charge in [0.1, 0.15) is 11.5 Å². The second kappa shape index (κ2) is 5.01. The summed E-state index contributed by atoms with van der Waals surface area (Å²) in [5, 5.41) is 9.72. The molecule has 0 unspecified atom stereocenters. The summed E-state index contributed by atoms with van der Waals surface area (Å²) in [5.41, 5.74) is 0.605. The summed E-state index contributed by atoms with van der Waals surface area (Å²) >= 11 is 5.96. The van der Waals surface area contributed by atoms with E-state index in [9.17, 15) is 5.11 Å². The molecule has 1 N–H and O–H groups in total. The number of benzene rings is 2. The van der Waals surface area contributed by atoms with Crippen LogP contribution in [0.4, 0.5) is 0 Å². The van der Waals surface area contributed by atoms with Crippen LogP contribution in [-0.2, 0) is 6.61 Å². The van der Waals surface area contributed by atoms with Gasteiger partial charge in [-0.2, -0.15) is 0 Å². The van der Waals surface area contributed by atoms with Gasteiger partial charge < -0.3 is 9.84 Å². The normalized spacial score (nSPS) is 10.1. The molecular formula is C13H11ClO2. The van der Waals surface area contributed by atoms with Gasteiger partial charge in [0, 0.05) is 10.6 Å². The molecule has 0 spiro atoms. The molecule has 0 aromatic heterocycles. The van der Waals surface area contributed by atoms with Crippen molar-refractivity contribution in [3.05, 3.63) is 59.1 Å². The number of rotatable bonds is 3. The van der Waals surface area contributed by atoms with E-state index in [-0.39, 0.29) is 6.61 Å². The fourth-order valence-electron chi connectivity index (χ4n) is 1.40. The molecule has 0 fully saturated rings. The van der Waals surface area contributed by atoms with Crippen molar-refractivity contribution in [3.63, 3.8) is 0 Å². The molecule has 2 aromatic carbocycles. The smallest absolute Gasteiger partial charge is 0.134 e. The van der Waals surface area contributed by atoms with Gasteiger partial charge in [0.05, 0.1) is 6.61 Å². The first-order valence-electron chi connectivity index (χ1n) is 4.92. The van der Waals surface area contributed by atoms with Crippen molar-refractivity contribution in [2.75, 3.05) is 0 Å². The highest BCUT2D eigenvalue weighted by Gasteiger charge is 2.07. The Balaban J connectivity index is 2.31. The molecule has 2 aromatic rings. The highest BCUT2D eigenvalue weighted by atomic mass is 35.5. The molecule has 0 radical (unpaired) electrons. The van der Waals surface area contributed by atoms with Crippen LogP contribution >= 0.6 is 11.6 Å². The van der Waals surface area contributed by atoms with E-state index in [0.717, 1.165) is 5.75 Å². The number of aliphatic hydroxyl groups excluding tert-OH is 1. The van der Waals surface area contributed by atoms with Crippen LogP contribution < -0.4 is 4.74 Å². The van der Waals surface area contributed by atoms with Gasteiger partial charge in [0.2, 0.25) is 0 Å². The zero-order chi connectivity index (χ0) is 11.4. The fourth-order valence-corrected chi connectivity index (χ4v) is 1.63. The first kappa shape index (κ1) is 11.0. The molecule has 0 aliphatic carbocycles. The Morgan fingerprint density at radius 1 is 1.00 bits per heavy atom. The molecule has 3 heteroatoms. The molecule has 0 amide bonds. The van der Waals surface area contributed by atoms with Gasteiger partial charge in [0.15, 0.2) is 0 Å². The summed E-state index contributed by atoms with van der Waals surface area (Å²) in [4.78, 5) is 0. The van der Waals surface area contributed by atoms with Crippen LogP contribution in [0, 0.1) is 0 Å². The van der Waals surface area contributed by atoms with E-state index < -0.39 is 0 Å². The Hall–Kier alpha value is -1.51. The summed E-state index contributed by atoms with van der Waals surface area (Å²) < 4.78 is 5.64. The predicted octanol–water partition coefficient (Wildman–Crippen LogP) is 3.62. The minimum atomic E-state index is -0.137. The summed E-state index contributed by atoms with van der Waals surface area (Å²) in [6, 6.07) is 14.7. The minimum Gasteiger partial charge on any atom is -0.457 e. The zero-order valence-corrected chi connectivity index (χ0v) is 9.32. The SMILES string of the molecule is OCc1c(Cl)cccc1Oc1ccccc1. The number of ether oxygens (including phenoxy) is 1. The second-order valence-electron chi connectivity index (χ2n) is 3.29. The third-order valence-electron chi connectivity index (χ3n) is 2.21. The standard InChI is InChI=1S/C13H11ClO2/c14-12-7-4-8-13(11(12)9-15)16-10-5-2-1-3-6-10/h1-8,15H,9H2. The molecule has 0 saturated carbocycles. The maximum atomic E-state index is 9.21. The third-order valence-corrected chi connectivity index (χ3v) is 2.56. The van der Waals surface area contributed by atoms with Crippen LogP contribution in [0.5, 0.6) is 11.5 Å². The Morgan fingerprint density at radius 3 is 2.44 bits per heavy atom. The lowest BCUT2D eigenvalue weighted by molar-refractivity contribution is 0.276. The van der Waals surface area contributed by atoms with Crippen molar-refractivity contribution in [2.24, 2.45) is 0 Å². The number of halogens is 1. The molecule has 0 saturated heterocycles. The molecular weight excluding hydrogens is 224 g/mol. The monoisotopic (exact) mass is 234 g/mol. The molecule has 2 nitrogen and oxygen atoms in total. The molecule has 2 rings (SSSR count). The van der Waals surface area contributed by atoms with Gasteiger partial charge in [-0.15, -0.1) is 0 Å². The van der Waals surface area contributed by atoms with E-state index in [2.05, 4.69) is 0 Å². The first-order chi connectivity index (χ1) is 7.81. The van der Waals surface area contributed by atoms with Gasteiger partial charge in [-0.3, -0.25) is 0 Å². The lowest BCUT2D eigenvalue weighted by Gasteiger charge is -2.10. The number of para-hydroxylation sites is 1. The van der Waals surface area contributed by atoms with Crippen LogP contribution in [0.3, 0.4) is 0 Å². The Kier molecular flexibility index (Phi) is 3.44. The quantitative estimate of drug-likeness (QED) is 0.879. The summed E-state index contributed by atoms with van der Waals surface area (Å²) in [6.07, 6.45) is 0. The number of hydrogen-bond acceptors (Lipinski definition) is 2. The van der Waals surface area contributed by atoms with Crippen LogP contribution in [-0.4, -0.2) is 5.11 Å². The van der Waals surface area contributed by atoms with E-state index in [4.69, 9.17) is 16.3 Å². The molecule has 16 heavy (non-hydrogen) atoms. The van der Waals surface area contributed by atoms with Crippen molar-refractivity contribution >= 4 is 11.6 Å². The average Bonchev–Trinajstić information content (AvgIpc) is 2.31. The largest absolute Gasteiger partial charge is 0.457 e. The van der Waals surface area contributed by atoms with Gasteiger partial charge in [-0.05, 0) is 24.3 Å². The lowest BCUT2D eigenvalue weighted by Crippen LogP contribution is -1.92. The second-order valence-corrected chi connectivity index (χ2v) is 3.70. The van der Waals surface area contributed by atoms with Gasteiger partial charge in [-0.25, -0.2) is 0 Å². The van der Waals surface area contributed by atoms with Crippen LogP contribution in [0.15, 0.2) is 48.5 Å². The van der Waals surface area contributed by atoms with Crippen LogP contribution in [0.2, 0.25) is 5.02 Å². The molecule has 82 valence electrons. The van der Waals surface area contributed by atoms with E-state index in [1.165, 1.54) is 0 Å². The minimum absolute atomic E-state index is 0.137. The Labute approximate surface area is 99.1 Å². The van der Waals surface area contributed by atoms with Gasteiger partial charge >= 0.3 is 0 Å². The molecule has 0 heterocycles. The van der Waals surface area contributed by atoms with Gasteiger partial charge in [0.25, 0.3) is 0 Å². The van der Waals surface area contributed by atoms with Crippen molar-refractivity contribution in [2.45, 2.75) is 6.61 Å². The number of aliphatic hydroxyl groups is 1. The number of hydrogen-bond donors (Lipinski definition) is 1. The molecule has 0 atom stereocenters. The van der Waals surface area contributed by atoms with Crippen molar-refractivity contribution in [1.82, 2.24) is 0 Å². The van der Waals surface area contributed by atoms with Crippen LogP contribution in [0.1, 0.15) is 5.56 Å². The highest BCUT2D eigenvalue weighted by Crippen LogP contribution is 2.30. The van der Waals surface area contributed by atoms with Crippen molar-refractivity contribution < 1.29 is 9.84 Å². The van der Waals surface area contributed by atoms with E-state index >= 15 is 0 Å². The van der Waals surface area contributed by atoms with Crippen molar-refractivity contribution in [1.29, 1.82) is 0 Å². The highest BCUT2D eigenvalue weighted by molar-refractivity contribution is 6.31.